The molecule has 0 bridgehead atoms. The lowest BCUT2D eigenvalue weighted by molar-refractivity contribution is 0.0646. The summed E-state index contributed by atoms with van der Waals surface area (Å²) in [7, 11) is 0. The number of hydrogen-bond donors (Lipinski definition) is 1. The van der Waals surface area contributed by atoms with Crippen LogP contribution >= 0.6 is 0 Å². The van der Waals surface area contributed by atoms with Gasteiger partial charge in [0.1, 0.15) is 5.75 Å². The van der Waals surface area contributed by atoms with E-state index in [1.807, 2.05) is 18.2 Å². The van der Waals surface area contributed by atoms with E-state index in [4.69, 9.17) is 4.74 Å². The van der Waals surface area contributed by atoms with Crippen molar-refractivity contribution in [3.8, 4) is 5.75 Å². The lowest BCUT2D eigenvalue weighted by atomic mass is 10.1. The molecule has 6 nitrogen and oxygen atoms in total. The molecule has 0 atom stereocenters. The lowest BCUT2D eigenvalue weighted by Crippen LogP contribution is -2.35. The van der Waals surface area contributed by atoms with Gasteiger partial charge in [0.15, 0.2) is 0 Å². The second-order valence-electron chi connectivity index (χ2n) is 7.66. The smallest absolute Gasteiger partial charge is 0.261 e. The molecule has 0 aromatic heterocycles. The number of ether oxygens (including phenoxy) is 1. The summed E-state index contributed by atoms with van der Waals surface area (Å²) >= 11 is 0. The Morgan fingerprint density at radius 2 is 1.66 bits per heavy atom. The minimum Gasteiger partial charge on any atom is -0.494 e. The van der Waals surface area contributed by atoms with Crippen LogP contribution in [0.2, 0.25) is 0 Å². The van der Waals surface area contributed by atoms with Gasteiger partial charge in [0, 0.05) is 26.2 Å². The second kappa shape index (κ2) is 8.76. The number of likely N-dealkylation sites (tertiary alicyclic amines) is 1. The van der Waals surface area contributed by atoms with Crippen molar-refractivity contribution in [2.45, 2.75) is 31.9 Å². The van der Waals surface area contributed by atoms with Crippen molar-refractivity contribution in [3.05, 3.63) is 65.2 Å². The summed E-state index contributed by atoms with van der Waals surface area (Å²) in [5.74, 6) is 0.348. The van der Waals surface area contributed by atoms with Crippen LogP contribution in [0.5, 0.6) is 5.75 Å². The van der Waals surface area contributed by atoms with Crippen molar-refractivity contribution in [2.75, 3.05) is 26.2 Å². The van der Waals surface area contributed by atoms with Crippen LogP contribution in [-0.2, 0) is 6.54 Å². The van der Waals surface area contributed by atoms with E-state index in [0.717, 1.165) is 38.2 Å². The number of rotatable bonds is 7. The van der Waals surface area contributed by atoms with Gasteiger partial charge in [0.25, 0.3) is 11.8 Å². The first kappa shape index (κ1) is 19.6. The number of nitrogens with zero attached hydrogens (tertiary/aromatic N) is 2. The molecule has 0 saturated carbocycles. The van der Waals surface area contributed by atoms with E-state index in [1.165, 1.54) is 10.5 Å². The van der Waals surface area contributed by atoms with Crippen molar-refractivity contribution in [1.29, 1.82) is 0 Å². The highest BCUT2D eigenvalue weighted by atomic mass is 16.5. The summed E-state index contributed by atoms with van der Waals surface area (Å²) in [6.07, 6.45) is 2.07. The van der Waals surface area contributed by atoms with Gasteiger partial charge in [-0.25, -0.2) is 0 Å². The maximum Gasteiger partial charge on any atom is 0.261 e. The fourth-order valence-corrected chi connectivity index (χ4v) is 3.92. The van der Waals surface area contributed by atoms with Crippen LogP contribution in [0.1, 0.15) is 45.5 Å². The number of hydrogen-bond acceptors (Lipinski definition) is 5. The Morgan fingerprint density at radius 1 is 0.966 bits per heavy atom. The summed E-state index contributed by atoms with van der Waals surface area (Å²) in [5, 5.41) is 9.63. The Bertz CT molecular complexity index is 855. The standard InChI is InChI=1S/C23H26N2O4/c26-18-9-12-24(13-10-18)16-17-5-3-6-19(15-17)29-14-4-11-25-22(27)20-7-1-2-8-21(20)23(25)28/h1-3,5-8,15,18,26H,4,9-14,16H2. The molecule has 4 rings (SSSR count). The molecule has 2 heterocycles. The molecule has 1 saturated heterocycles. The first-order valence-corrected chi connectivity index (χ1v) is 10.2. The molecule has 0 unspecified atom stereocenters. The van der Waals surface area contributed by atoms with E-state index in [-0.39, 0.29) is 17.9 Å². The van der Waals surface area contributed by atoms with Gasteiger partial charge in [-0.15, -0.1) is 0 Å². The van der Waals surface area contributed by atoms with Crippen molar-refractivity contribution in [1.82, 2.24) is 9.80 Å². The number of amides is 2. The molecular weight excluding hydrogens is 368 g/mol. The molecule has 0 radical (unpaired) electrons. The van der Waals surface area contributed by atoms with Crippen LogP contribution in [0.25, 0.3) is 0 Å². The first-order valence-electron chi connectivity index (χ1n) is 10.2. The quantitative estimate of drug-likeness (QED) is 0.578. The van der Waals surface area contributed by atoms with E-state index >= 15 is 0 Å². The van der Waals surface area contributed by atoms with Gasteiger partial charge < -0.3 is 9.84 Å². The largest absolute Gasteiger partial charge is 0.494 e. The van der Waals surface area contributed by atoms with Crippen LogP contribution < -0.4 is 4.74 Å². The second-order valence-corrected chi connectivity index (χ2v) is 7.66. The third-order valence-electron chi connectivity index (χ3n) is 5.53. The zero-order valence-corrected chi connectivity index (χ0v) is 16.4. The van der Waals surface area contributed by atoms with Crippen LogP contribution in [0, 0.1) is 0 Å². The van der Waals surface area contributed by atoms with E-state index in [0.29, 0.717) is 30.7 Å². The Balaban J connectivity index is 1.25. The number of aliphatic hydroxyl groups is 1. The van der Waals surface area contributed by atoms with Crippen molar-refractivity contribution >= 4 is 11.8 Å². The molecule has 0 spiro atoms. The van der Waals surface area contributed by atoms with Crippen LogP contribution in [0.4, 0.5) is 0 Å². The number of fused-ring (bicyclic) bond motifs is 1. The SMILES string of the molecule is O=C1c2ccccc2C(=O)N1CCCOc1cccc(CN2CCC(O)CC2)c1. The number of piperidine rings is 1. The van der Waals surface area contributed by atoms with Crippen LogP contribution in [0.15, 0.2) is 48.5 Å². The molecule has 1 fully saturated rings. The molecular formula is C23H26N2O4. The van der Waals surface area contributed by atoms with Crippen molar-refractivity contribution < 1.29 is 19.4 Å². The molecule has 2 aliphatic heterocycles. The monoisotopic (exact) mass is 394 g/mol. The highest BCUT2D eigenvalue weighted by Crippen LogP contribution is 2.23. The summed E-state index contributed by atoms with van der Waals surface area (Å²) in [6, 6.07) is 15.0. The number of imide groups is 1. The fourth-order valence-electron chi connectivity index (χ4n) is 3.92. The van der Waals surface area contributed by atoms with Crippen LogP contribution in [0.3, 0.4) is 0 Å². The van der Waals surface area contributed by atoms with Gasteiger partial charge in [0.05, 0.1) is 23.8 Å². The number of aliphatic hydroxyl groups excluding tert-OH is 1. The van der Waals surface area contributed by atoms with Gasteiger partial charge >= 0.3 is 0 Å². The highest BCUT2D eigenvalue weighted by Gasteiger charge is 2.34. The van der Waals surface area contributed by atoms with E-state index in [2.05, 4.69) is 11.0 Å². The fraction of sp³-hybridized carbons (Fsp3) is 0.391. The predicted molar refractivity (Wildman–Crippen MR) is 109 cm³/mol. The number of benzene rings is 2. The summed E-state index contributed by atoms with van der Waals surface area (Å²) in [5.41, 5.74) is 2.15. The summed E-state index contributed by atoms with van der Waals surface area (Å²) in [6.45, 7) is 3.45. The Kier molecular flexibility index (Phi) is 5.92. The molecule has 2 aromatic rings. The Labute approximate surface area is 170 Å². The Hall–Kier alpha value is -2.70. The first-order chi connectivity index (χ1) is 14.1. The predicted octanol–water partition coefficient (Wildman–Crippen LogP) is 2.71. The van der Waals surface area contributed by atoms with Gasteiger partial charge in [-0.1, -0.05) is 24.3 Å². The van der Waals surface area contributed by atoms with Gasteiger partial charge in [0.2, 0.25) is 0 Å². The minimum absolute atomic E-state index is 0.164. The van der Waals surface area contributed by atoms with E-state index in [9.17, 15) is 14.7 Å². The zero-order chi connectivity index (χ0) is 20.2. The normalized spacial score (nSPS) is 17.6. The summed E-state index contributed by atoms with van der Waals surface area (Å²) < 4.78 is 5.85. The lowest BCUT2D eigenvalue weighted by Gasteiger charge is -2.29. The van der Waals surface area contributed by atoms with Crippen LogP contribution in [-0.4, -0.2) is 59.1 Å². The maximum atomic E-state index is 12.4. The van der Waals surface area contributed by atoms with Gasteiger partial charge in [-0.2, -0.15) is 0 Å². The average Bonchev–Trinajstić information content (AvgIpc) is 2.98. The summed E-state index contributed by atoms with van der Waals surface area (Å²) in [4.78, 5) is 28.4. The van der Waals surface area contributed by atoms with Gasteiger partial charge in [-0.05, 0) is 49.1 Å². The molecule has 152 valence electrons. The number of carbonyl (C=O) groups is 2. The third-order valence-corrected chi connectivity index (χ3v) is 5.53. The van der Waals surface area contributed by atoms with Gasteiger partial charge in [-0.3, -0.25) is 19.4 Å². The average molecular weight is 394 g/mol. The highest BCUT2D eigenvalue weighted by molar-refractivity contribution is 6.21. The molecule has 0 aliphatic carbocycles. The van der Waals surface area contributed by atoms with Crippen molar-refractivity contribution in [3.63, 3.8) is 0 Å². The molecule has 2 aromatic carbocycles. The third kappa shape index (κ3) is 4.49. The van der Waals surface area contributed by atoms with Crippen molar-refractivity contribution in [2.24, 2.45) is 0 Å². The topological polar surface area (TPSA) is 70.1 Å². The molecule has 1 N–H and O–H groups in total. The van der Waals surface area contributed by atoms with E-state index in [1.54, 1.807) is 24.3 Å². The zero-order valence-electron chi connectivity index (χ0n) is 16.4. The number of carbonyl (C=O) groups excluding carboxylic acids is 2. The Morgan fingerprint density at radius 3 is 2.34 bits per heavy atom. The minimum atomic E-state index is -0.223. The molecule has 6 heteroatoms. The van der Waals surface area contributed by atoms with E-state index < -0.39 is 0 Å². The molecule has 2 aliphatic rings. The molecule has 2 amide bonds. The molecule has 29 heavy (non-hydrogen) atoms. The maximum absolute atomic E-state index is 12.4.